The summed E-state index contributed by atoms with van der Waals surface area (Å²) in [5.74, 6) is 8.63. The minimum Gasteiger partial charge on any atom is -0.493 e. The van der Waals surface area contributed by atoms with Gasteiger partial charge in [0.15, 0.2) is 69.0 Å². The second-order valence-electron chi connectivity index (χ2n) is 16.9. The van der Waals surface area contributed by atoms with Gasteiger partial charge in [0.25, 0.3) is 0 Å². The first-order valence-electron chi connectivity index (χ1n) is 26.1. The molecule has 0 saturated carbocycles. The van der Waals surface area contributed by atoms with Gasteiger partial charge in [-0.05, 0) is 106 Å². The molecular formula is C66H78N6O12Tc. The molecule has 85 heavy (non-hydrogen) atoms. The fraction of sp³-hybridized carbons (Fsp3) is 0.364. The Morgan fingerprint density at radius 2 is 0.329 bits per heavy atom. The zero-order valence-electron chi connectivity index (χ0n) is 50.8. The van der Waals surface area contributed by atoms with Gasteiger partial charge in [0.2, 0.25) is 39.3 Å². The molecule has 1 radical (unpaired) electrons. The summed E-state index contributed by atoms with van der Waals surface area (Å²) >= 11 is 0. The van der Waals surface area contributed by atoms with Crippen LogP contribution in [0.1, 0.15) is 33.4 Å². The fourth-order valence-corrected chi connectivity index (χ4v) is 7.33. The minimum absolute atomic E-state index is 0. The van der Waals surface area contributed by atoms with E-state index in [1.807, 2.05) is 109 Å². The third-order valence-corrected chi connectivity index (χ3v) is 11.8. The van der Waals surface area contributed by atoms with Gasteiger partial charge in [-0.1, -0.05) is 36.4 Å². The molecule has 6 aromatic carbocycles. The second kappa shape index (κ2) is 47.0. The summed E-state index contributed by atoms with van der Waals surface area (Å²) in [4.78, 5) is 19.8. The summed E-state index contributed by atoms with van der Waals surface area (Å²) < 4.78 is 61.6. The molecule has 0 heterocycles. The number of rotatable bonds is 24. The topological polar surface area (TPSA) is 137 Å². The zero-order chi connectivity index (χ0) is 62.3. The Morgan fingerprint density at radius 3 is 0.424 bits per heavy atom. The third-order valence-electron chi connectivity index (χ3n) is 11.8. The SMILES string of the molecule is [99Tc].[C-]#[N+]CCc1ccc(OC)c(OC)c1.[C-]#[N+]CCc1ccc(OC)c(OC)c1.[C-]#[N+]CCc1ccc(OC)c(OC)c1.[C-]#[N+]CCc1ccc(OC)c(OC)c1.[C-]#[N+]CCc1ccc(OC)c(OC)c1.[C-]#[N+]CCc1ccc(OC)c(OC)c1. The Labute approximate surface area is 517 Å². The van der Waals surface area contributed by atoms with Gasteiger partial charge in [-0.2, -0.15) is 0 Å². The predicted octanol–water partition coefficient (Wildman–Crippen LogP) is 13.0. The third kappa shape index (κ3) is 28.9. The van der Waals surface area contributed by atoms with Gasteiger partial charge in [0.05, 0.1) is 85.3 Å². The molecule has 0 N–H and O–H groups in total. The van der Waals surface area contributed by atoms with E-state index in [9.17, 15) is 0 Å². The van der Waals surface area contributed by atoms with Crippen LogP contribution in [0.3, 0.4) is 0 Å². The molecule has 0 aliphatic rings. The molecule has 0 bridgehead atoms. The van der Waals surface area contributed by atoms with Crippen LogP contribution in [0.5, 0.6) is 69.0 Å². The van der Waals surface area contributed by atoms with Crippen molar-refractivity contribution in [2.45, 2.75) is 38.5 Å². The molecule has 0 amide bonds. The van der Waals surface area contributed by atoms with Crippen molar-refractivity contribution in [2.24, 2.45) is 0 Å². The van der Waals surface area contributed by atoms with Gasteiger partial charge < -0.3 is 85.9 Å². The van der Waals surface area contributed by atoms with Crippen LogP contribution in [-0.2, 0) is 58.6 Å². The summed E-state index contributed by atoms with van der Waals surface area (Å²) in [7, 11) is 19.3. The molecule has 19 heteroatoms. The van der Waals surface area contributed by atoms with Crippen LogP contribution in [0.2, 0.25) is 0 Å². The zero-order valence-corrected chi connectivity index (χ0v) is 52.7. The summed E-state index contributed by atoms with van der Waals surface area (Å²) in [5.41, 5.74) is 6.58. The van der Waals surface area contributed by atoms with Gasteiger partial charge in [0, 0.05) is 58.6 Å². The van der Waals surface area contributed by atoms with E-state index in [0.29, 0.717) is 39.3 Å². The number of hydrogen-bond donors (Lipinski definition) is 0. The van der Waals surface area contributed by atoms with Gasteiger partial charge in [0.1, 0.15) is 0 Å². The predicted molar refractivity (Wildman–Crippen MR) is 328 cm³/mol. The molecule has 0 aliphatic heterocycles. The van der Waals surface area contributed by atoms with Crippen LogP contribution in [0.4, 0.5) is 0 Å². The molecule has 0 aromatic heterocycles. The van der Waals surface area contributed by atoms with Crippen molar-refractivity contribution in [1.82, 2.24) is 0 Å². The van der Waals surface area contributed by atoms with E-state index >= 15 is 0 Å². The molecule has 0 saturated heterocycles. The number of methoxy groups -OCH3 is 12. The number of ether oxygens (including phenoxy) is 12. The van der Waals surface area contributed by atoms with E-state index < -0.39 is 0 Å². The number of benzene rings is 6. The quantitative estimate of drug-likeness (QED) is 0.0534. The van der Waals surface area contributed by atoms with Crippen molar-refractivity contribution in [2.75, 3.05) is 125 Å². The molecule has 0 spiro atoms. The van der Waals surface area contributed by atoms with Crippen LogP contribution in [-0.4, -0.2) is 125 Å². The Morgan fingerprint density at radius 1 is 0.212 bits per heavy atom. The van der Waals surface area contributed by atoms with E-state index in [1.54, 1.807) is 85.3 Å². The van der Waals surface area contributed by atoms with Gasteiger partial charge in [-0.25, -0.2) is 39.4 Å². The molecule has 0 unspecified atom stereocenters. The van der Waals surface area contributed by atoms with Crippen molar-refractivity contribution in [3.05, 3.63) is 211 Å². The standard InChI is InChI=1S/6C11H13NO2.Tc/c6*1-12-7-6-9-4-5-10(13-2)11(8-9)14-3;/h6*4-5,8H,6-7H2,2-3H3;/i;;;;;;1+1. The van der Waals surface area contributed by atoms with Crippen molar-refractivity contribution in [3.63, 3.8) is 0 Å². The Hall–Kier alpha value is -9.49. The van der Waals surface area contributed by atoms with Gasteiger partial charge in [-0.3, -0.25) is 0 Å². The molecule has 451 valence electrons. The minimum atomic E-state index is 0. The van der Waals surface area contributed by atoms with Crippen LogP contribution in [0.15, 0.2) is 109 Å². The normalized spacial score (nSPS) is 9.11. The molecule has 0 aliphatic carbocycles. The Kier molecular flexibility index (Phi) is 41.8. The van der Waals surface area contributed by atoms with Gasteiger partial charge in [-0.15, -0.1) is 0 Å². The van der Waals surface area contributed by atoms with Crippen molar-refractivity contribution in [3.8, 4) is 69.0 Å². The Bertz CT molecular complexity index is 2600. The molecule has 0 fully saturated rings. The maximum Gasteiger partial charge on any atom is 0.218 e. The van der Waals surface area contributed by atoms with Crippen LogP contribution < -0.4 is 56.8 Å². The van der Waals surface area contributed by atoms with Crippen LogP contribution in [0, 0.1) is 39.4 Å². The van der Waals surface area contributed by atoms with E-state index in [-0.39, 0.29) is 20.1 Å². The second-order valence-corrected chi connectivity index (χ2v) is 16.9. The summed E-state index contributed by atoms with van der Waals surface area (Å²) in [6, 6.07) is 34.3. The van der Waals surface area contributed by atoms with Crippen LogP contribution in [0.25, 0.3) is 29.1 Å². The molecule has 6 aromatic rings. The first-order valence-corrected chi connectivity index (χ1v) is 26.1. The fourth-order valence-electron chi connectivity index (χ4n) is 7.33. The van der Waals surface area contributed by atoms with E-state index in [4.69, 9.17) is 96.3 Å². The average molecular weight is 1250 g/mol. The van der Waals surface area contributed by atoms with Gasteiger partial charge >= 0.3 is 0 Å². The van der Waals surface area contributed by atoms with Crippen molar-refractivity contribution < 1.29 is 76.9 Å². The van der Waals surface area contributed by atoms with E-state index in [2.05, 4.69) is 29.1 Å². The Balaban J connectivity index is 0.000000994. The number of hydrogen-bond acceptors (Lipinski definition) is 12. The van der Waals surface area contributed by atoms with Crippen LogP contribution >= 0.6 is 0 Å². The van der Waals surface area contributed by atoms with E-state index in [1.165, 1.54) is 0 Å². The maximum atomic E-state index is 6.70. The largest absolute Gasteiger partial charge is 0.493 e. The molecular weight excluding hydrogens is 1170 g/mol. The summed E-state index contributed by atoms with van der Waals surface area (Å²) in [6.07, 6.45) is 4.52. The average Bonchev–Trinajstić information content (AvgIpc) is 3.66. The van der Waals surface area contributed by atoms with Crippen molar-refractivity contribution >= 4 is 0 Å². The monoisotopic (exact) mass is 1250 g/mol. The first kappa shape index (κ1) is 75.5. The van der Waals surface area contributed by atoms with E-state index in [0.717, 1.165) is 141 Å². The first-order chi connectivity index (χ1) is 40.9. The molecule has 0 atom stereocenters. The molecule has 18 nitrogen and oxygen atoms in total. The molecule has 6 rings (SSSR count). The van der Waals surface area contributed by atoms with Crippen molar-refractivity contribution in [1.29, 1.82) is 0 Å². The maximum absolute atomic E-state index is 6.70. The smallest absolute Gasteiger partial charge is 0.218 e. The number of nitrogens with zero attached hydrogens (tertiary/aromatic N) is 6. The summed E-state index contributed by atoms with van der Waals surface area (Å²) in [6.45, 7) is 43.2. The summed E-state index contributed by atoms with van der Waals surface area (Å²) in [5, 5.41) is 0.